The molecule has 0 atom stereocenters. The zero-order chi connectivity index (χ0) is 17.7. The Kier molecular flexibility index (Phi) is 5.82. The summed E-state index contributed by atoms with van der Waals surface area (Å²) >= 11 is 5.97. The molecule has 0 bridgehead atoms. The molecule has 5 nitrogen and oxygen atoms in total. The number of nitrogens with one attached hydrogen (secondary N) is 1. The molecule has 0 radical (unpaired) electrons. The molecule has 0 aromatic heterocycles. The number of halogens is 1. The minimum Gasteiger partial charge on any atom is -0.490 e. The molecule has 126 valence electrons. The van der Waals surface area contributed by atoms with Crippen LogP contribution in [0.2, 0.25) is 5.02 Å². The molecule has 1 amide bonds. The Hall–Kier alpha value is -2.53. The summed E-state index contributed by atoms with van der Waals surface area (Å²) in [6.07, 6.45) is -0.0883. The summed E-state index contributed by atoms with van der Waals surface area (Å²) in [5.74, 6) is 0.0217. The summed E-state index contributed by atoms with van der Waals surface area (Å²) in [6.45, 7) is 5.15. The van der Waals surface area contributed by atoms with Gasteiger partial charge in [-0.15, -0.1) is 0 Å². The molecule has 0 fully saturated rings. The first kappa shape index (κ1) is 17.8. The number of hydrogen-bond donors (Lipinski definition) is 1. The largest absolute Gasteiger partial charge is 0.490 e. The number of amides is 1. The van der Waals surface area contributed by atoms with E-state index in [1.807, 2.05) is 13.8 Å². The van der Waals surface area contributed by atoms with Crippen LogP contribution in [0.1, 0.15) is 31.1 Å². The molecule has 2 rings (SSSR count). The van der Waals surface area contributed by atoms with E-state index in [1.54, 1.807) is 36.4 Å². The molecular weight excluding hydrogens is 330 g/mol. The second kappa shape index (κ2) is 7.84. The lowest BCUT2D eigenvalue weighted by Gasteiger charge is -2.14. The maximum atomic E-state index is 12.4. The second-order valence-corrected chi connectivity index (χ2v) is 5.84. The van der Waals surface area contributed by atoms with E-state index >= 15 is 0 Å². The van der Waals surface area contributed by atoms with Crippen molar-refractivity contribution in [3.63, 3.8) is 0 Å². The van der Waals surface area contributed by atoms with Crippen LogP contribution in [-0.4, -0.2) is 18.0 Å². The van der Waals surface area contributed by atoms with Gasteiger partial charge in [0, 0.05) is 17.6 Å². The van der Waals surface area contributed by atoms with Gasteiger partial charge in [0.2, 0.25) is 5.91 Å². The van der Waals surface area contributed by atoms with Crippen LogP contribution in [0, 0.1) is 0 Å². The number of carbonyl (C=O) groups is 2. The van der Waals surface area contributed by atoms with Gasteiger partial charge in [0.25, 0.3) is 0 Å². The Morgan fingerprint density at radius 2 is 1.75 bits per heavy atom. The SMILES string of the molecule is CC(=O)Nc1ccc(OC(=O)c2cc(Cl)ccc2OC(C)C)cc1. The van der Waals surface area contributed by atoms with Crippen LogP contribution < -0.4 is 14.8 Å². The summed E-state index contributed by atoms with van der Waals surface area (Å²) in [4.78, 5) is 23.4. The molecule has 2 aromatic carbocycles. The Morgan fingerprint density at radius 3 is 2.33 bits per heavy atom. The summed E-state index contributed by atoms with van der Waals surface area (Å²) in [7, 11) is 0. The topological polar surface area (TPSA) is 64.6 Å². The minimum atomic E-state index is -0.569. The Balaban J connectivity index is 2.17. The van der Waals surface area contributed by atoms with E-state index < -0.39 is 5.97 Å². The van der Waals surface area contributed by atoms with Crippen molar-refractivity contribution >= 4 is 29.2 Å². The zero-order valence-corrected chi connectivity index (χ0v) is 14.4. The molecule has 0 heterocycles. The highest BCUT2D eigenvalue weighted by atomic mass is 35.5. The van der Waals surface area contributed by atoms with E-state index in [4.69, 9.17) is 21.1 Å². The third-order valence-corrected chi connectivity index (χ3v) is 3.14. The van der Waals surface area contributed by atoms with Crippen LogP contribution in [0.15, 0.2) is 42.5 Å². The molecule has 24 heavy (non-hydrogen) atoms. The average molecular weight is 348 g/mol. The number of esters is 1. The highest BCUT2D eigenvalue weighted by Crippen LogP contribution is 2.26. The lowest BCUT2D eigenvalue weighted by Crippen LogP contribution is -2.14. The highest BCUT2D eigenvalue weighted by molar-refractivity contribution is 6.31. The fourth-order valence-electron chi connectivity index (χ4n) is 1.99. The molecule has 0 aliphatic heterocycles. The van der Waals surface area contributed by atoms with Crippen molar-refractivity contribution in [3.05, 3.63) is 53.1 Å². The molecule has 0 unspecified atom stereocenters. The van der Waals surface area contributed by atoms with E-state index in [-0.39, 0.29) is 17.6 Å². The van der Waals surface area contributed by atoms with Crippen molar-refractivity contribution in [1.29, 1.82) is 0 Å². The van der Waals surface area contributed by atoms with Gasteiger partial charge >= 0.3 is 5.97 Å². The molecule has 1 N–H and O–H groups in total. The zero-order valence-electron chi connectivity index (χ0n) is 13.6. The van der Waals surface area contributed by atoms with Gasteiger partial charge in [0.05, 0.1) is 6.10 Å². The van der Waals surface area contributed by atoms with Crippen LogP contribution in [0.5, 0.6) is 11.5 Å². The van der Waals surface area contributed by atoms with Crippen molar-refractivity contribution in [2.75, 3.05) is 5.32 Å². The first-order valence-corrected chi connectivity index (χ1v) is 7.79. The average Bonchev–Trinajstić information content (AvgIpc) is 2.50. The molecule has 0 aliphatic carbocycles. The van der Waals surface area contributed by atoms with E-state index in [0.717, 1.165) is 0 Å². The van der Waals surface area contributed by atoms with Crippen LogP contribution in [0.3, 0.4) is 0 Å². The molecule has 0 aliphatic rings. The maximum absolute atomic E-state index is 12.4. The maximum Gasteiger partial charge on any atom is 0.347 e. The van der Waals surface area contributed by atoms with Crippen molar-refractivity contribution in [3.8, 4) is 11.5 Å². The number of ether oxygens (including phenoxy) is 2. The third kappa shape index (κ3) is 4.99. The van der Waals surface area contributed by atoms with Crippen LogP contribution in [-0.2, 0) is 4.79 Å². The van der Waals surface area contributed by atoms with Gasteiger partial charge in [-0.3, -0.25) is 4.79 Å². The van der Waals surface area contributed by atoms with Gasteiger partial charge in [0.15, 0.2) is 0 Å². The van der Waals surface area contributed by atoms with Crippen molar-refractivity contribution in [2.45, 2.75) is 26.9 Å². The molecule has 2 aromatic rings. The monoisotopic (exact) mass is 347 g/mol. The molecule has 0 saturated heterocycles. The van der Waals surface area contributed by atoms with Crippen LogP contribution in [0.25, 0.3) is 0 Å². The van der Waals surface area contributed by atoms with Gasteiger partial charge in [-0.25, -0.2) is 4.79 Å². The minimum absolute atomic E-state index is 0.0883. The highest BCUT2D eigenvalue weighted by Gasteiger charge is 2.17. The molecule has 0 saturated carbocycles. The fraction of sp³-hybridized carbons (Fsp3) is 0.222. The molecular formula is C18H18ClNO4. The number of anilines is 1. The fourth-order valence-corrected chi connectivity index (χ4v) is 2.16. The van der Waals surface area contributed by atoms with Gasteiger partial charge in [-0.05, 0) is 56.3 Å². The van der Waals surface area contributed by atoms with E-state index in [9.17, 15) is 9.59 Å². The van der Waals surface area contributed by atoms with Crippen LogP contribution in [0.4, 0.5) is 5.69 Å². The molecule has 0 spiro atoms. The molecule has 6 heteroatoms. The van der Waals surface area contributed by atoms with Gasteiger partial charge < -0.3 is 14.8 Å². The Labute approximate surface area is 145 Å². The van der Waals surface area contributed by atoms with Crippen LogP contribution >= 0.6 is 11.6 Å². The van der Waals surface area contributed by atoms with E-state index in [1.165, 1.54) is 13.0 Å². The number of rotatable bonds is 5. The normalized spacial score (nSPS) is 10.4. The number of benzene rings is 2. The number of carbonyl (C=O) groups excluding carboxylic acids is 2. The predicted molar refractivity (Wildman–Crippen MR) is 92.9 cm³/mol. The van der Waals surface area contributed by atoms with Gasteiger partial charge in [0.1, 0.15) is 17.1 Å². The summed E-state index contributed by atoms with van der Waals surface area (Å²) < 4.78 is 11.0. The lowest BCUT2D eigenvalue weighted by atomic mass is 10.2. The Bertz CT molecular complexity index is 741. The standard InChI is InChI=1S/C18H18ClNO4/c1-11(2)23-17-9-4-13(19)10-16(17)18(22)24-15-7-5-14(6-8-15)20-12(3)21/h4-11H,1-3H3,(H,20,21). The first-order chi connectivity index (χ1) is 11.3. The van der Waals surface area contributed by atoms with Crippen molar-refractivity contribution < 1.29 is 19.1 Å². The summed E-state index contributed by atoms with van der Waals surface area (Å²) in [5, 5.41) is 3.05. The third-order valence-electron chi connectivity index (χ3n) is 2.91. The number of hydrogen-bond acceptors (Lipinski definition) is 4. The first-order valence-electron chi connectivity index (χ1n) is 7.41. The smallest absolute Gasteiger partial charge is 0.347 e. The quantitative estimate of drug-likeness (QED) is 0.646. The van der Waals surface area contributed by atoms with Crippen molar-refractivity contribution in [2.24, 2.45) is 0 Å². The van der Waals surface area contributed by atoms with Crippen molar-refractivity contribution in [1.82, 2.24) is 0 Å². The lowest BCUT2D eigenvalue weighted by molar-refractivity contribution is -0.114. The summed E-state index contributed by atoms with van der Waals surface area (Å²) in [6, 6.07) is 11.3. The van der Waals surface area contributed by atoms with E-state index in [0.29, 0.717) is 22.2 Å². The predicted octanol–water partition coefficient (Wildman–Crippen LogP) is 4.30. The van der Waals surface area contributed by atoms with Gasteiger partial charge in [-0.2, -0.15) is 0 Å². The van der Waals surface area contributed by atoms with E-state index in [2.05, 4.69) is 5.32 Å². The van der Waals surface area contributed by atoms with Gasteiger partial charge in [-0.1, -0.05) is 11.6 Å². The Morgan fingerprint density at radius 1 is 1.08 bits per heavy atom. The second-order valence-electron chi connectivity index (χ2n) is 5.40. The summed E-state index contributed by atoms with van der Waals surface area (Å²) in [5.41, 5.74) is 0.871.